The number of rotatable bonds is 4. The fourth-order valence-electron chi connectivity index (χ4n) is 2.11. The number of carbonyl (C=O) groups excluding carboxylic acids is 1. The van der Waals surface area contributed by atoms with E-state index >= 15 is 0 Å². The third-order valence-electron chi connectivity index (χ3n) is 3.03. The summed E-state index contributed by atoms with van der Waals surface area (Å²) in [6.07, 6.45) is 6.22. The minimum atomic E-state index is -0.121. The van der Waals surface area contributed by atoms with Gasteiger partial charge >= 0.3 is 0 Å². The Hall–Kier alpha value is -0.510. The molecule has 0 aromatic carbocycles. The van der Waals surface area contributed by atoms with Crippen molar-refractivity contribution in [3.63, 3.8) is 0 Å². The highest BCUT2D eigenvalue weighted by Gasteiger charge is 2.25. The second-order valence-corrected chi connectivity index (χ2v) is 5.50. The van der Waals surface area contributed by atoms with Gasteiger partial charge in [0.05, 0.1) is 5.75 Å². The van der Waals surface area contributed by atoms with Crippen molar-refractivity contribution in [3.8, 4) is 0 Å². The van der Waals surface area contributed by atoms with Crippen LogP contribution in [0.4, 0.5) is 0 Å². The molecule has 1 unspecified atom stereocenters. The van der Waals surface area contributed by atoms with Gasteiger partial charge in [0.25, 0.3) is 0 Å². The summed E-state index contributed by atoms with van der Waals surface area (Å²) in [7, 11) is 0. The smallest absolute Gasteiger partial charge is 0.250 e. The Kier molecular flexibility index (Phi) is 3.67. The molecular formula is C11H18N2OS. The predicted molar refractivity (Wildman–Crippen MR) is 64.4 cm³/mol. The Morgan fingerprint density at radius 2 is 2.20 bits per heavy atom. The van der Waals surface area contributed by atoms with Crippen LogP contribution in [0.2, 0.25) is 0 Å². The van der Waals surface area contributed by atoms with Crippen molar-refractivity contribution < 1.29 is 4.79 Å². The monoisotopic (exact) mass is 226 g/mol. The number of nitrogens with one attached hydrogen (secondary N) is 1. The predicted octanol–water partition coefficient (Wildman–Crippen LogP) is 1.97. The van der Waals surface area contributed by atoms with E-state index in [2.05, 4.69) is 10.3 Å². The highest BCUT2D eigenvalue weighted by atomic mass is 32.2. The Labute approximate surface area is 95.1 Å². The lowest BCUT2D eigenvalue weighted by molar-refractivity contribution is -0.120. The molecule has 1 aliphatic heterocycles. The molecule has 0 bridgehead atoms. The quantitative estimate of drug-likeness (QED) is 0.796. The first kappa shape index (κ1) is 11.0. The molecule has 1 atom stereocenters. The van der Waals surface area contributed by atoms with Crippen molar-refractivity contribution >= 4 is 23.5 Å². The molecule has 0 saturated heterocycles. The molecule has 1 saturated carbocycles. The molecular weight excluding hydrogens is 208 g/mol. The van der Waals surface area contributed by atoms with Crippen LogP contribution in [0.15, 0.2) is 4.99 Å². The topological polar surface area (TPSA) is 41.5 Å². The highest BCUT2D eigenvalue weighted by molar-refractivity contribution is 8.00. The van der Waals surface area contributed by atoms with E-state index in [0.717, 1.165) is 23.3 Å². The van der Waals surface area contributed by atoms with E-state index in [0.29, 0.717) is 0 Å². The zero-order valence-electron chi connectivity index (χ0n) is 9.16. The van der Waals surface area contributed by atoms with Crippen LogP contribution >= 0.6 is 11.8 Å². The fourth-order valence-corrected chi connectivity index (χ4v) is 3.31. The summed E-state index contributed by atoms with van der Waals surface area (Å²) in [6, 6.07) is -0.121. The lowest BCUT2D eigenvalue weighted by atomic mass is 10.2. The number of thioether (sulfide) groups is 1. The SMILES string of the molecule is CCC1N=C(CSC2CCCC2)NC1=O. The lowest BCUT2D eigenvalue weighted by Gasteiger charge is -2.07. The summed E-state index contributed by atoms with van der Waals surface area (Å²) in [5.74, 6) is 1.86. The number of nitrogens with zero attached hydrogens (tertiary/aromatic N) is 1. The van der Waals surface area contributed by atoms with Gasteiger partial charge in [0, 0.05) is 5.25 Å². The van der Waals surface area contributed by atoms with Gasteiger partial charge in [0.2, 0.25) is 5.91 Å². The van der Waals surface area contributed by atoms with Crippen molar-refractivity contribution in [2.24, 2.45) is 4.99 Å². The number of amidine groups is 1. The Morgan fingerprint density at radius 3 is 2.80 bits per heavy atom. The number of hydrogen-bond acceptors (Lipinski definition) is 3. The molecule has 3 nitrogen and oxygen atoms in total. The lowest BCUT2D eigenvalue weighted by Crippen LogP contribution is -2.29. The summed E-state index contributed by atoms with van der Waals surface area (Å²) in [5.41, 5.74) is 0. The van der Waals surface area contributed by atoms with E-state index in [-0.39, 0.29) is 11.9 Å². The van der Waals surface area contributed by atoms with Gasteiger partial charge in [0.15, 0.2) is 0 Å². The molecule has 2 rings (SSSR count). The molecule has 1 fully saturated rings. The van der Waals surface area contributed by atoms with Crippen LogP contribution in [0.1, 0.15) is 39.0 Å². The van der Waals surface area contributed by atoms with Gasteiger partial charge in [-0.05, 0) is 19.3 Å². The Morgan fingerprint density at radius 1 is 1.47 bits per heavy atom. The minimum absolute atomic E-state index is 0.0829. The minimum Gasteiger partial charge on any atom is -0.312 e. The summed E-state index contributed by atoms with van der Waals surface area (Å²) in [4.78, 5) is 15.8. The molecule has 1 aliphatic carbocycles. The summed E-state index contributed by atoms with van der Waals surface area (Å²) in [5, 5.41) is 3.67. The molecule has 15 heavy (non-hydrogen) atoms. The molecule has 0 spiro atoms. The molecule has 0 radical (unpaired) electrons. The van der Waals surface area contributed by atoms with Crippen LogP contribution in [-0.4, -0.2) is 28.8 Å². The molecule has 1 amide bonds. The maximum atomic E-state index is 11.4. The van der Waals surface area contributed by atoms with Crippen molar-refractivity contribution in [1.82, 2.24) is 5.32 Å². The van der Waals surface area contributed by atoms with Crippen molar-refractivity contribution in [3.05, 3.63) is 0 Å². The summed E-state index contributed by atoms with van der Waals surface area (Å²) >= 11 is 1.95. The number of aliphatic imine (C=N–C) groups is 1. The summed E-state index contributed by atoms with van der Waals surface area (Å²) in [6.45, 7) is 2.00. The maximum Gasteiger partial charge on any atom is 0.250 e. The third kappa shape index (κ3) is 2.74. The Bertz CT molecular complexity index is 272. The van der Waals surface area contributed by atoms with Gasteiger partial charge in [-0.3, -0.25) is 9.79 Å². The molecule has 0 aromatic heterocycles. The normalized spacial score (nSPS) is 26.9. The van der Waals surface area contributed by atoms with E-state index < -0.39 is 0 Å². The van der Waals surface area contributed by atoms with Gasteiger partial charge in [0.1, 0.15) is 11.9 Å². The summed E-state index contributed by atoms with van der Waals surface area (Å²) < 4.78 is 0. The second-order valence-electron chi connectivity index (χ2n) is 4.21. The molecule has 0 aromatic rings. The molecule has 84 valence electrons. The van der Waals surface area contributed by atoms with Crippen LogP contribution in [0.25, 0.3) is 0 Å². The highest BCUT2D eigenvalue weighted by Crippen LogP contribution is 2.29. The zero-order chi connectivity index (χ0) is 10.7. The molecule has 1 N–H and O–H groups in total. The van der Waals surface area contributed by atoms with Gasteiger partial charge in [-0.1, -0.05) is 19.8 Å². The van der Waals surface area contributed by atoms with Crippen molar-refractivity contribution in [2.75, 3.05) is 5.75 Å². The van der Waals surface area contributed by atoms with Crippen LogP contribution in [0.5, 0.6) is 0 Å². The molecule has 1 heterocycles. The van der Waals surface area contributed by atoms with E-state index in [1.54, 1.807) is 0 Å². The van der Waals surface area contributed by atoms with Gasteiger partial charge in [-0.25, -0.2) is 0 Å². The maximum absolute atomic E-state index is 11.4. The zero-order valence-corrected chi connectivity index (χ0v) is 9.98. The fraction of sp³-hybridized carbons (Fsp3) is 0.818. The number of hydrogen-bond donors (Lipinski definition) is 1. The van der Waals surface area contributed by atoms with Crippen molar-refractivity contribution in [1.29, 1.82) is 0 Å². The van der Waals surface area contributed by atoms with Gasteiger partial charge in [-0.15, -0.1) is 0 Å². The first-order valence-electron chi connectivity index (χ1n) is 5.78. The second kappa shape index (κ2) is 5.01. The first-order chi connectivity index (χ1) is 7.29. The number of amides is 1. The van der Waals surface area contributed by atoms with Gasteiger partial charge in [-0.2, -0.15) is 11.8 Å². The van der Waals surface area contributed by atoms with E-state index in [9.17, 15) is 4.79 Å². The first-order valence-corrected chi connectivity index (χ1v) is 6.83. The van der Waals surface area contributed by atoms with Crippen LogP contribution < -0.4 is 5.32 Å². The number of carbonyl (C=O) groups is 1. The molecule has 4 heteroatoms. The van der Waals surface area contributed by atoms with Crippen LogP contribution in [-0.2, 0) is 4.79 Å². The third-order valence-corrected chi connectivity index (χ3v) is 4.41. The van der Waals surface area contributed by atoms with E-state index in [1.165, 1.54) is 25.7 Å². The Balaban J connectivity index is 1.77. The van der Waals surface area contributed by atoms with E-state index in [1.807, 2.05) is 18.7 Å². The standard InChI is InChI=1S/C11H18N2OS/c1-2-9-11(14)13-10(12-9)7-15-8-5-3-4-6-8/h8-9H,2-7H2,1H3,(H,12,13,14). The molecule has 2 aliphatic rings. The largest absolute Gasteiger partial charge is 0.312 e. The van der Waals surface area contributed by atoms with Crippen molar-refractivity contribution in [2.45, 2.75) is 50.3 Å². The van der Waals surface area contributed by atoms with Gasteiger partial charge < -0.3 is 5.32 Å². The average Bonchev–Trinajstić information content (AvgIpc) is 2.83. The van der Waals surface area contributed by atoms with Crippen LogP contribution in [0.3, 0.4) is 0 Å². The van der Waals surface area contributed by atoms with Crippen LogP contribution in [0, 0.1) is 0 Å². The average molecular weight is 226 g/mol. The van der Waals surface area contributed by atoms with E-state index in [4.69, 9.17) is 0 Å².